The predicted octanol–water partition coefficient (Wildman–Crippen LogP) is 3.54. The molecule has 0 spiro atoms. The van der Waals surface area contributed by atoms with E-state index in [9.17, 15) is 0 Å². The molecule has 0 amide bonds. The van der Waals surface area contributed by atoms with Crippen LogP contribution in [0.15, 0.2) is 83.1 Å². The molecule has 88 valence electrons. The largest absolute Gasteiger partial charge is 0.358 e. The van der Waals surface area contributed by atoms with E-state index < -0.39 is 0 Å². The summed E-state index contributed by atoms with van der Waals surface area (Å²) in [4.78, 5) is 0. The zero-order valence-corrected chi connectivity index (χ0v) is 10.4. The quantitative estimate of drug-likeness (QED) is 0.719. The average Bonchev–Trinajstić information content (AvgIpc) is 2.40. The zero-order valence-electron chi connectivity index (χ0n) is 10.4. The van der Waals surface area contributed by atoms with Gasteiger partial charge in [0.25, 0.3) is 0 Å². The van der Waals surface area contributed by atoms with E-state index in [4.69, 9.17) is 0 Å². The molecule has 3 aliphatic rings. The monoisotopic (exact) mass is 233 g/mol. The van der Waals surface area contributed by atoms with Crippen molar-refractivity contribution in [1.29, 1.82) is 0 Å². The molecule has 3 aliphatic carbocycles. The number of allylic oxidation sites excluding steroid dienone is 10. The fraction of sp³-hybridized carbons (Fsp3) is 0.176. The average molecular weight is 233 g/mol. The molecule has 18 heavy (non-hydrogen) atoms. The van der Waals surface area contributed by atoms with Crippen molar-refractivity contribution >= 4 is 0 Å². The number of fused-ring (bicyclic) bond motifs is 1. The molecule has 0 saturated heterocycles. The molecule has 1 nitrogen and oxygen atoms in total. The van der Waals surface area contributed by atoms with Gasteiger partial charge in [0.1, 0.15) is 0 Å². The summed E-state index contributed by atoms with van der Waals surface area (Å²) in [6.45, 7) is 2.15. The summed E-state index contributed by atoms with van der Waals surface area (Å²) < 4.78 is 0. The predicted molar refractivity (Wildman–Crippen MR) is 74.5 cm³/mol. The van der Waals surface area contributed by atoms with Crippen LogP contribution in [0.2, 0.25) is 0 Å². The van der Waals surface area contributed by atoms with Gasteiger partial charge in [-0.3, -0.25) is 0 Å². The van der Waals surface area contributed by atoms with Crippen molar-refractivity contribution < 1.29 is 0 Å². The summed E-state index contributed by atoms with van der Waals surface area (Å²) >= 11 is 0. The summed E-state index contributed by atoms with van der Waals surface area (Å²) in [6.07, 6.45) is 19.1. The third-order valence-corrected chi connectivity index (χ3v) is 3.32. The van der Waals surface area contributed by atoms with Gasteiger partial charge in [0.15, 0.2) is 0 Å². The lowest BCUT2D eigenvalue weighted by molar-refractivity contribution is 0.586. The number of hydrogen-bond donors (Lipinski definition) is 1. The molecule has 0 bridgehead atoms. The second-order valence-corrected chi connectivity index (χ2v) is 4.73. The number of rotatable bonds is 2. The third-order valence-electron chi connectivity index (χ3n) is 3.32. The van der Waals surface area contributed by atoms with Crippen LogP contribution in [0.1, 0.15) is 6.92 Å². The first-order valence-electron chi connectivity index (χ1n) is 6.23. The normalized spacial score (nSPS) is 27.5. The van der Waals surface area contributed by atoms with Gasteiger partial charge in [-0.05, 0) is 25.2 Å². The highest BCUT2D eigenvalue weighted by Crippen LogP contribution is 2.32. The highest BCUT2D eigenvalue weighted by Gasteiger charge is 2.24. The van der Waals surface area contributed by atoms with Crippen LogP contribution in [0, 0.1) is 11.8 Å². The molecule has 1 N–H and O–H groups in total. The minimum absolute atomic E-state index is 0.419. The fourth-order valence-electron chi connectivity index (χ4n) is 2.50. The molecule has 3 rings (SSSR count). The Hall–Kier alpha value is -2.20. The standard InChI is InChI=1S/C17H15N/c1-13-11-14-7-5-6-10-16(14)17(12-13)18-15-8-3-2-4-9-15/h3,5-12,14,16,18H,1H3. The van der Waals surface area contributed by atoms with Gasteiger partial charge in [-0.1, -0.05) is 47.4 Å². The van der Waals surface area contributed by atoms with Gasteiger partial charge < -0.3 is 5.32 Å². The summed E-state index contributed by atoms with van der Waals surface area (Å²) in [6, 6.07) is 0. The molecule has 0 aromatic rings. The lowest BCUT2D eigenvalue weighted by Crippen LogP contribution is -2.26. The van der Waals surface area contributed by atoms with Crippen molar-refractivity contribution in [3.05, 3.63) is 83.1 Å². The van der Waals surface area contributed by atoms with Crippen molar-refractivity contribution in [3.8, 4) is 0 Å². The Balaban J connectivity index is 1.86. The molecule has 0 heterocycles. The molecule has 2 atom stereocenters. The first-order chi connectivity index (χ1) is 8.83. The first kappa shape index (κ1) is 10.9. The van der Waals surface area contributed by atoms with Crippen LogP contribution in [0.3, 0.4) is 0 Å². The molecule has 0 saturated carbocycles. The van der Waals surface area contributed by atoms with E-state index in [0.717, 1.165) is 5.70 Å². The van der Waals surface area contributed by atoms with E-state index in [2.05, 4.69) is 60.2 Å². The maximum Gasteiger partial charge on any atom is 0.0473 e. The highest BCUT2D eigenvalue weighted by molar-refractivity contribution is 5.40. The summed E-state index contributed by atoms with van der Waals surface area (Å²) in [5, 5.41) is 3.49. The van der Waals surface area contributed by atoms with Gasteiger partial charge in [-0.2, -0.15) is 0 Å². The summed E-state index contributed by atoms with van der Waals surface area (Å²) in [5.41, 5.74) is 9.51. The third kappa shape index (κ3) is 2.10. The molecule has 2 unspecified atom stereocenters. The van der Waals surface area contributed by atoms with Gasteiger partial charge in [-0.25, -0.2) is 0 Å². The van der Waals surface area contributed by atoms with E-state index in [1.807, 2.05) is 18.2 Å². The Bertz CT molecular complexity index is 610. The van der Waals surface area contributed by atoms with Gasteiger partial charge >= 0.3 is 0 Å². The number of hydrogen-bond acceptors (Lipinski definition) is 1. The van der Waals surface area contributed by atoms with E-state index in [0.29, 0.717) is 11.8 Å². The van der Waals surface area contributed by atoms with Gasteiger partial charge in [0, 0.05) is 29.3 Å². The van der Waals surface area contributed by atoms with E-state index >= 15 is 0 Å². The lowest BCUT2D eigenvalue weighted by atomic mass is 9.80. The van der Waals surface area contributed by atoms with E-state index in [-0.39, 0.29) is 0 Å². The van der Waals surface area contributed by atoms with Gasteiger partial charge in [-0.15, -0.1) is 0 Å². The highest BCUT2D eigenvalue weighted by atomic mass is 14.9. The van der Waals surface area contributed by atoms with Crippen molar-refractivity contribution in [1.82, 2.24) is 5.32 Å². The lowest BCUT2D eigenvalue weighted by Gasteiger charge is -2.29. The molecule has 0 aromatic heterocycles. The smallest absolute Gasteiger partial charge is 0.0473 e. The van der Waals surface area contributed by atoms with Gasteiger partial charge in [0.05, 0.1) is 0 Å². The van der Waals surface area contributed by atoms with E-state index in [1.165, 1.54) is 11.3 Å². The van der Waals surface area contributed by atoms with Crippen molar-refractivity contribution in [2.75, 3.05) is 0 Å². The van der Waals surface area contributed by atoms with Crippen LogP contribution < -0.4 is 5.32 Å². The van der Waals surface area contributed by atoms with Crippen LogP contribution in [0.25, 0.3) is 0 Å². The Morgan fingerprint density at radius 1 is 1.17 bits per heavy atom. The Morgan fingerprint density at radius 3 is 2.89 bits per heavy atom. The van der Waals surface area contributed by atoms with Crippen LogP contribution >= 0.6 is 0 Å². The van der Waals surface area contributed by atoms with Crippen LogP contribution in [0.4, 0.5) is 0 Å². The second kappa shape index (κ2) is 4.58. The fourth-order valence-corrected chi connectivity index (χ4v) is 2.50. The number of nitrogens with one attached hydrogen (secondary N) is 1. The topological polar surface area (TPSA) is 12.0 Å². The zero-order chi connectivity index (χ0) is 12.4. The van der Waals surface area contributed by atoms with Gasteiger partial charge in [0.2, 0.25) is 0 Å². The van der Waals surface area contributed by atoms with Crippen molar-refractivity contribution in [2.45, 2.75) is 6.92 Å². The Morgan fingerprint density at radius 2 is 2.06 bits per heavy atom. The SMILES string of the molecule is CC1=CC2C=CC=CC2C(NC2=CC=C=C=C2)=C1. The molecular weight excluding hydrogens is 218 g/mol. The second-order valence-electron chi connectivity index (χ2n) is 4.73. The molecule has 1 heteroatoms. The molecular formula is C17H15N. The van der Waals surface area contributed by atoms with Crippen molar-refractivity contribution in [2.24, 2.45) is 11.8 Å². The van der Waals surface area contributed by atoms with Crippen LogP contribution in [-0.2, 0) is 0 Å². The van der Waals surface area contributed by atoms with Crippen molar-refractivity contribution in [3.63, 3.8) is 0 Å². The minimum atomic E-state index is 0.419. The first-order valence-corrected chi connectivity index (χ1v) is 6.23. The van der Waals surface area contributed by atoms with Crippen LogP contribution in [-0.4, -0.2) is 0 Å². The Kier molecular flexibility index (Phi) is 2.78. The molecule has 0 aromatic carbocycles. The summed E-state index contributed by atoms with van der Waals surface area (Å²) in [5.74, 6) is 0.893. The Labute approximate surface area is 108 Å². The molecule has 0 fully saturated rings. The maximum atomic E-state index is 3.49. The van der Waals surface area contributed by atoms with E-state index in [1.54, 1.807) is 0 Å². The maximum absolute atomic E-state index is 3.49. The molecule has 0 aliphatic heterocycles. The molecule has 0 radical (unpaired) electrons. The van der Waals surface area contributed by atoms with Crippen LogP contribution in [0.5, 0.6) is 0 Å². The minimum Gasteiger partial charge on any atom is -0.358 e. The summed E-state index contributed by atoms with van der Waals surface area (Å²) in [7, 11) is 0.